The van der Waals surface area contributed by atoms with Crippen molar-refractivity contribution in [3.05, 3.63) is 47.1 Å². The van der Waals surface area contributed by atoms with E-state index in [-0.39, 0.29) is 23.3 Å². The molecular formula is C12H7ClFNO2. The van der Waals surface area contributed by atoms with Gasteiger partial charge in [0.05, 0.1) is 10.5 Å². The third-order valence-corrected chi connectivity index (χ3v) is 2.85. The van der Waals surface area contributed by atoms with Gasteiger partial charge in [-0.2, -0.15) is 0 Å². The molecule has 0 fully saturated rings. The van der Waals surface area contributed by atoms with Crippen LogP contribution in [0.2, 0.25) is 5.02 Å². The Hall–Kier alpha value is -1.81. The first kappa shape index (κ1) is 10.4. The summed E-state index contributed by atoms with van der Waals surface area (Å²) in [5.74, 6) is -0.336. The van der Waals surface area contributed by atoms with Crippen molar-refractivity contribution in [2.24, 2.45) is 0 Å². The third kappa shape index (κ3) is 1.61. The van der Waals surface area contributed by atoms with E-state index in [4.69, 9.17) is 21.1 Å². The predicted molar refractivity (Wildman–Crippen MR) is 61.7 cm³/mol. The second kappa shape index (κ2) is 3.89. The van der Waals surface area contributed by atoms with Gasteiger partial charge >= 0.3 is 0 Å². The van der Waals surface area contributed by atoms with Crippen LogP contribution in [0, 0.1) is 5.82 Å². The van der Waals surface area contributed by atoms with Gasteiger partial charge in [-0.3, -0.25) is 0 Å². The molecule has 0 aliphatic carbocycles. The van der Waals surface area contributed by atoms with E-state index >= 15 is 0 Å². The summed E-state index contributed by atoms with van der Waals surface area (Å²) in [7, 11) is 0. The first-order valence-corrected chi connectivity index (χ1v) is 5.34. The van der Waals surface area contributed by atoms with Crippen molar-refractivity contribution in [3.8, 4) is 0 Å². The monoisotopic (exact) mass is 251 g/mol. The van der Waals surface area contributed by atoms with Crippen molar-refractivity contribution in [1.82, 2.24) is 4.98 Å². The lowest BCUT2D eigenvalue weighted by Gasteiger charge is -2.07. The Kier molecular flexibility index (Phi) is 2.37. The normalized spacial score (nSPS) is 14.4. The van der Waals surface area contributed by atoms with E-state index < -0.39 is 5.82 Å². The molecule has 17 heavy (non-hydrogen) atoms. The van der Waals surface area contributed by atoms with Gasteiger partial charge in [0.2, 0.25) is 6.79 Å². The van der Waals surface area contributed by atoms with E-state index in [1.54, 1.807) is 18.2 Å². The van der Waals surface area contributed by atoms with E-state index in [9.17, 15) is 4.39 Å². The lowest BCUT2D eigenvalue weighted by molar-refractivity contribution is 0.1000. The van der Waals surface area contributed by atoms with Crippen molar-refractivity contribution in [3.63, 3.8) is 0 Å². The quantitative estimate of drug-likeness (QED) is 0.779. The minimum absolute atomic E-state index is 0.0435. The first-order valence-electron chi connectivity index (χ1n) is 4.96. The van der Waals surface area contributed by atoms with Gasteiger partial charge in [0.15, 0.2) is 11.6 Å². The number of ether oxygens (including phenoxy) is 2. The van der Waals surface area contributed by atoms with Crippen LogP contribution in [0.25, 0.3) is 16.7 Å². The largest absolute Gasteiger partial charge is 0.461 e. The maximum Gasteiger partial charge on any atom is 0.230 e. The first-order chi connectivity index (χ1) is 8.27. The molecule has 86 valence electrons. The summed E-state index contributed by atoms with van der Waals surface area (Å²) in [6, 6.07) is 7.08. The Morgan fingerprint density at radius 3 is 2.88 bits per heavy atom. The van der Waals surface area contributed by atoms with Crippen LogP contribution in [-0.2, 0) is 9.47 Å². The van der Waals surface area contributed by atoms with Crippen molar-refractivity contribution in [1.29, 1.82) is 0 Å². The molecule has 0 saturated carbocycles. The van der Waals surface area contributed by atoms with E-state index in [1.807, 2.05) is 6.07 Å². The number of hydrogen-bond acceptors (Lipinski definition) is 3. The molecule has 0 saturated heterocycles. The van der Waals surface area contributed by atoms with Crippen LogP contribution in [0.4, 0.5) is 4.39 Å². The summed E-state index contributed by atoms with van der Waals surface area (Å²) in [4.78, 5) is 4.18. The smallest absolute Gasteiger partial charge is 0.230 e. The summed E-state index contributed by atoms with van der Waals surface area (Å²) in [6.45, 7) is 0.0703. The summed E-state index contributed by atoms with van der Waals surface area (Å²) < 4.78 is 24.0. The molecule has 0 spiro atoms. The Bertz CT molecular complexity index is 627. The Morgan fingerprint density at radius 1 is 1.29 bits per heavy atom. The number of para-hydroxylation sites is 1. The maximum absolute atomic E-state index is 14.0. The van der Waals surface area contributed by atoms with E-state index in [1.165, 1.54) is 6.26 Å². The van der Waals surface area contributed by atoms with Gasteiger partial charge in [0.1, 0.15) is 12.0 Å². The fourth-order valence-corrected chi connectivity index (χ4v) is 1.93. The van der Waals surface area contributed by atoms with Gasteiger partial charge < -0.3 is 9.47 Å². The highest BCUT2D eigenvalue weighted by Crippen LogP contribution is 2.31. The molecule has 0 atom stereocenters. The minimum atomic E-state index is -0.595. The Labute approximate surface area is 101 Å². The van der Waals surface area contributed by atoms with Crippen molar-refractivity contribution in [2.45, 2.75) is 0 Å². The molecule has 0 bridgehead atoms. The van der Waals surface area contributed by atoms with Crippen molar-refractivity contribution in [2.75, 3.05) is 6.79 Å². The van der Waals surface area contributed by atoms with Gasteiger partial charge in [0.25, 0.3) is 0 Å². The number of fused-ring (bicyclic) bond motifs is 1. The summed E-state index contributed by atoms with van der Waals surface area (Å²) in [5.41, 5.74) is 0.691. The summed E-state index contributed by atoms with van der Waals surface area (Å²) >= 11 is 5.97. The molecule has 1 aromatic heterocycles. The molecule has 0 radical (unpaired) electrons. The maximum atomic E-state index is 14.0. The van der Waals surface area contributed by atoms with Crippen LogP contribution >= 0.6 is 11.6 Å². The van der Waals surface area contributed by atoms with Crippen LogP contribution in [0.15, 0.2) is 30.5 Å². The lowest BCUT2D eigenvalue weighted by atomic mass is 10.2. The molecular weight excluding hydrogens is 245 g/mol. The molecule has 0 N–H and O–H groups in total. The van der Waals surface area contributed by atoms with Crippen LogP contribution in [-0.4, -0.2) is 11.8 Å². The topological polar surface area (TPSA) is 31.4 Å². The van der Waals surface area contributed by atoms with Crippen molar-refractivity contribution < 1.29 is 13.9 Å². The van der Waals surface area contributed by atoms with Gasteiger partial charge in [-0.1, -0.05) is 29.8 Å². The molecule has 2 aromatic rings. The van der Waals surface area contributed by atoms with Crippen LogP contribution in [0.1, 0.15) is 5.69 Å². The van der Waals surface area contributed by atoms with Gasteiger partial charge in [-0.25, -0.2) is 9.37 Å². The Balaban J connectivity index is 2.29. The SMILES string of the molecule is Fc1c(C2=COCO2)nc2ccccc2c1Cl. The van der Waals surface area contributed by atoms with E-state index in [2.05, 4.69) is 4.98 Å². The fourth-order valence-electron chi connectivity index (χ4n) is 1.68. The van der Waals surface area contributed by atoms with Gasteiger partial charge in [-0.05, 0) is 6.07 Å². The van der Waals surface area contributed by atoms with Gasteiger partial charge in [-0.15, -0.1) is 0 Å². The Morgan fingerprint density at radius 2 is 2.12 bits per heavy atom. The molecule has 2 heterocycles. The zero-order chi connectivity index (χ0) is 11.8. The highest BCUT2D eigenvalue weighted by atomic mass is 35.5. The average molecular weight is 252 g/mol. The summed E-state index contributed by atoms with van der Waals surface area (Å²) in [6.07, 6.45) is 1.33. The lowest BCUT2D eigenvalue weighted by Crippen LogP contribution is -1.97. The zero-order valence-corrected chi connectivity index (χ0v) is 9.37. The van der Waals surface area contributed by atoms with Crippen LogP contribution in [0.5, 0.6) is 0 Å². The number of rotatable bonds is 1. The number of hydrogen-bond donors (Lipinski definition) is 0. The molecule has 3 nitrogen and oxygen atoms in total. The van der Waals surface area contributed by atoms with Crippen molar-refractivity contribution >= 4 is 28.3 Å². The molecule has 5 heteroatoms. The number of aromatic nitrogens is 1. The fraction of sp³-hybridized carbons (Fsp3) is 0.0833. The molecule has 1 aromatic carbocycles. The number of nitrogens with zero attached hydrogens (tertiary/aromatic N) is 1. The van der Waals surface area contributed by atoms with Crippen LogP contribution in [0.3, 0.4) is 0 Å². The standard InChI is InChI=1S/C12H7ClFNO2/c13-10-7-3-1-2-4-8(7)15-12(11(10)14)9-5-16-6-17-9/h1-5H,6H2. The summed E-state index contributed by atoms with van der Waals surface area (Å²) in [5, 5.41) is 0.622. The zero-order valence-electron chi connectivity index (χ0n) is 8.61. The third-order valence-electron chi connectivity index (χ3n) is 2.48. The molecule has 0 unspecified atom stereocenters. The van der Waals surface area contributed by atoms with E-state index in [0.717, 1.165) is 0 Å². The minimum Gasteiger partial charge on any atom is -0.461 e. The highest BCUT2D eigenvalue weighted by Gasteiger charge is 2.20. The average Bonchev–Trinajstić information content (AvgIpc) is 2.87. The second-order valence-electron chi connectivity index (χ2n) is 3.52. The molecule has 3 rings (SSSR count). The van der Waals surface area contributed by atoms with E-state index in [0.29, 0.717) is 10.9 Å². The van der Waals surface area contributed by atoms with Crippen LogP contribution < -0.4 is 0 Å². The molecule has 1 aliphatic rings. The molecule has 0 amide bonds. The number of pyridine rings is 1. The number of benzene rings is 1. The highest BCUT2D eigenvalue weighted by molar-refractivity contribution is 6.35. The number of halogens is 2. The second-order valence-corrected chi connectivity index (χ2v) is 3.89. The predicted octanol–water partition coefficient (Wildman–Crippen LogP) is 3.33. The molecule has 1 aliphatic heterocycles. The van der Waals surface area contributed by atoms with Gasteiger partial charge in [0, 0.05) is 5.39 Å².